The van der Waals surface area contributed by atoms with Gasteiger partial charge in [-0.1, -0.05) is 6.92 Å². The fourth-order valence-corrected chi connectivity index (χ4v) is 2.64. The molecule has 0 spiro atoms. The summed E-state index contributed by atoms with van der Waals surface area (Å²) in [6, 6.07) is 0. The van der Waals surface area contributed by atoms with Crippen LogP contribution >= 0.6 is 22.9 Å². The molecule has 2 aromatic rings. The lowest BCUT2D eigenvalue weighted by atomic mass is 10.2. The van der Waals surface area contributed by atoms with E-state index < -0.39 is 0 Å². The summed E-state index contributed by atoms with van der Waals surface area (Å²) >= 11 is 7.76. The number of aryl methyl sites for hydroxylation is 2. The molecule has 0 unspecified atom stereocenters. The Morgan fingerprint density at radius 3 is 2.81 bits per heavy atom. The molecule has 3 nitrogen and oxygen atoms in total. The monoisotopic (exact) mass is 255 g/mol. The quantitative estimate of drug-likeness (QED) is 0.839. The number of rotatable bonds is 4. The van der Waals surface area contributed by atoms with Crippen molar-refractivity contribution in [2.24, 2.45) is 0 Å². The summed E-state index contributed by atoms with van der Waals surface area (Å²) in [5.74, 6) is 0.970. The molecule has 0 radical (unpaired) electrons. The number of aromatic nitrogens is 3. The minimum Gasteiger partial charge on any atom is -0.297 e. The van der Waals surface area contributed by atoms with E-state index in [0.717, 1.165) is 25.2 Å². The Morgan fingerprint density at radius 1 is 1.38 bits per heavy atom. The number of hydrogen-bond acceptors (Lipinski definition) is 3. The summed E-state index contributed by atoms with van der Waals surface area (Å²) in [7, 11) is 0. The maximum Gasteiger partial charge on any atom is 0.225 e. The van der Waals surface area contributed by atoms with Gasteiger partial charge in [-0.15, -0.1) is 10.2 Å². The normalized spacial score (nSPS) is 10.9. The van der Waals surface area contributed by atoms with Crippen molar-refractivity contribution >= 4 is 22.9 Å². The topological polar surface area (TPSA) is 30.7 Å². The van der Waals surface area contributed by atoms with E-state index in [1.807, 2.05) is 4.57 Å². The molecule has 0 aliphatic heterocycles. The zero-order valence-electron chi connectivity index (χ0n) is 9.40. The van der Waals surface area contributed by atoms with Crippen molar-refractivity contribution < 1.29 is 0 Å². The summed E-state index contributed by atoms with van der Waals surface area (Å²) in [5.41, 5.74) is 2.60. The van der Waals surface area contributed by atoms with Crippen LogP contribution in [0.25, 0.3) is 0 Å². The van der Waals surface area contributed by atoms with Crippen molar-refractivity contribution in [1.82, 2.24) is 14.8 Å². The fraction of sp³-hybridized carbons (Fsp3) is 0.455. The standard InChI is InChI=1S/C11H14ClN3S/c1-3-4-10-13-14-11(12)15(10)5-9-7-16-6-8(9)2/h6-7H,3-5H2,1-2H3. The molecule has 0 fully saturated rings. The smallest absolute Gasteiger partial charge is 0.225 e. The molecule has 0 aromatic carbocycles. The Morgan fingerprint density at radius 2 is 2.19 bits per heavy atom. The predicted molar refractivity (Wildman–Crippen MR) is 67.2 cm³/mol. The van der Waals surface area contributed by atoms with Crippen LogP contribution in [0.4, 0.5) is 0 Å². The van der Waals surface area contributed by atoms with Gasteiger partial charge >= 0.3 is 0 Å². The molecule has 0 bridgehead atoms. The first-order valence-electron chi connectivity index (χ1n) is 5.31. The summed E-state index contributed by atoms with van der Waals surface area (Å²) in [6.45, 7) is 5.02. The van der Waals surface area contributed by atoms with Crippen LogP contribution in [0.15, 0.2) is 10.8 Å². The largest absolute Gasteiger partial charge is 0.297 e. The van der Waals surface area contributed by atoms with E-state index in [1.165, 1.54) is 11.1 Å². The Hall–Kier alpha value is -0.870. The lowest BCUT2D eigenvalue weighted by Crippen LogP contribution is -2.05. The van der Waals surface area contributed by atoms with Crippen LogP contribution < -0.4 is 0 Å². The lowest BCUT2D eigenvalue weighted by molar-refractivity contribution is 0.705. The van der Waals surface area contributed by atoms with Gasteiger partial charge in [-0.05, 0) is 46.8 Å². The van der Waals surface area contributed by atoms with Crippen molar-refractivity contribution in [3.63, 3.8) is 0 Å². The van der Waals surface area contributed by atoms with Crippen molar-refractivity contribution in [3.05, 3.63) is 33.0 Å². The number of halogens is 1. The SMILES string of the molecule is CCCc1nnc(Cl)n1Cc1cscc1C. The lowest BCUT2D eigenvalue weighted by Gasteiger charge is -2.06. The second-order valence-electron chi connectivity index (χ2n) is 3.80. The maximum atomic E-state index is 6.04. The first-order chi connectivity index (χ1) is 7.72. The Bertz CT molecular complexity index is 475. The van der Waals surface area contributed by atoms with Gasteiger partial charge < -0.3 is 0 Å². The Kier molecular flexibility index (Phi) is 3.61. The number of hydrogen-bond donors (Lipinski definition) is 0. The number of nitrogens with zero attached hydrogens (tertiary/aromatic N) is 3. The average Bonchev–Trinajstić information content (AvgIpc) is 2.80. The third-order valence-corrected chi connectivity index (χ3v) is 3.74. The molecule has 0 saturated carbocycles. The van der Waals surface area contributed by atoms with Crippen LogP contribution in [0, 0.1) is 6.92 Å². The van der Waals surface area contributed by atoms with E-state index in [-0.39, 0.29) is 0 Å². The fourth-order valence-electron chi connectivity index (χ4n) is 1.60. The third kappa shape index (κ3) is 2.28. The summed E-state index contributed by atoms with van der Waals surface area (Å²) in [4.78, 5) is 0. The van der Waals surface area contributed by atoms with Gasteiger partial charge in [-0.2, -0.15) is 11.3 Å². The molecule has 2 heterocycles. The van der Waals surface area contributed by atoms with Gasteiger partial charge in [0.2, 0.25) is 5.28 Å². The van der Waals surface area contributed by atoms with E-state index in [2.05, 4.69) is 34.8 Å². The second-order valence-corrected chi connectivity index (χ2v) is 4.88. The molecule has 0 N–H and O–H groups in total. The molecular formula is C11H14ClN3S. The van der Waals surface area contributed by atoms with Gasteiger partial charge in [0.05, 0.1) is 6.54 Å². The first-order valence-corrected chi connectivity index (χ1v) is 6.63. The molecule has 86 valence electrons. The predicted octanol–water partition coefficient (Wildman–Crippen LogP) is 3.30. The number of thiophene rings is 1. The molecule has 0 saturated heterocycles. The van der Waals surface area contributed by atoms with Crippen LogP contribution in [0.5, 0.6) is 0 Å². The van der Waals surface area contributed by atoms with E-state index in [4.69, 9.17) is 11.6 Å². The second kappa shape index (κ2) is 4.97. The van der Waals surface area contributed by atoms with Crippen molar-refractivity contribution in [3.8, 4) is 0 Å². The van der Waals surface area contributed by atoms with Gasteiger partial charge in [0.25, 0.3) is 0 Å². The molecule has 16 heavy (non-hydrogen) atoms. The summed E-state index contributed by atoms with van der Waals surface area (Å²) in [6.07, 6.45) is 1.97. The summed E-state index contributed by atoms with van der Waals surface area (Å²) < 4.78 is 1.99. The van der Waals surface area contributed by atoms with Crippen LogP contribution in [-0.2, 0) is 13.0 Å². The highest BCUT2D eigenvalue weighted by Gasteiger charge is 2.11. The Balaban J connectivity index is 2.26. The van der Waals surface area contributed by atoms with Gasteiger partial charge in [0.1, 0.15) is 5.82 Å². The van der Waals surface area contributed by atoms with Crippen LogP contribution in [0.2, 0.25) is 5.28 Å². The van der Waals surface area contributed by atoms with E-state index in [0.29, 0.717) is 5.28 Å². The molecule has 2 rings (SSSR count). The van der Waals surface area contributed by atoms with Gasteiger partial charge in [-0.25, -0.2) is 0 Å². The minimum atomic E-state index is 0.481. The zero-order chi connectivity index (χ0) is 11.5. The van der Waals surface area contributed by atoms with Gasteiger partial charge in [0.15, 0.2) is 0 Å². The van der Waals surface area contributed by atoms with Crippen molar-refractivity contribution in [2.45, 2.75) is 33.2 Å². The molecule has 0 aliphatic carbocycles. The minimum absolute atomic E-state index is 0.481. The van der Waals surface area contributed by atoms with Crippen LogP contribution in [0.3, 0.4) is 0 Å². The Labute approximate surface area is 104 Å². The highest BCUT2D eigenvalue weighted by Crippen LogP contribution is 2.18. The first kappa shape index (κ1) is 11.6. The third-order valence-electron chi connectivity index (χ3n) is 2.55. The van der Waals surface area contributed by atoms with Gasteiger partial charge in [-0.3, -0.25) is 4.57 Å². The molecule has 0 aliphatic rings. The van der Waals surface area contributed by atoms with Crippen LogP contribution in [0.1, 0.15) is 30.3 Å². The molecule has 0 amide bonds. The molecular weight excluding hydrogens is 242 g/mol. The highest BCUT2D eigenvalue weighted by atomic mass is 35.5. The van der Waals surface area contributed by atoms with E-state index in [9.17, 15) is 0 Å². The van der Waals surface area contributed by atoms with E-state index >= 15 is 0 Å². The molecule has 0 atom stereocenters. The maximum absolute atomic E-state index is 6.04. The van der Waals surface area contributed by atoms with E-state index in [1.54, 1.807) is 11.3 Å². The van der Waals surface area contributed by atoms with Crippen molar-refractivity contribution in [1.29, 1.82) is 0 Å². The van der Waals surface area contributed by atoms with Gasteiger partial charge in [0, 0.05) is 6.42 Å². The molecule has 5 heteroatoms. The van der Waals surface area contributed by atoms with Crippen molar-refractivity contribution in [2.75, 3.05) is 0 Å². The zero-order valence-corrected chi connectivity index (χ0v) is 11.0. The molecule has 2 aromatic heterocycles. The summed E-state index contributed by atoms with van der Waals surface area (Å²) in [5, 5.41) is 12.8. The highest BCUT2D eigenvalue weighted by molar-refractivity contribution is 7.08. The van der Waals surface area contributed by atoms with Crippen LogP contribution in [-0.4, -0.2) is 14.8 Å². The average molecular weight is 256 g/mol.